The molecule has 0 fully saturated rings. The number of amides is 1. The van der Waals surface area contributed by atoms with Gasteiger partial charge in [0.2, 0.25) is 5.91 Å². The Kier molecular flexibility index (Phi) is 7.82. The van der Waals surface area contributed by atoms with Crippen molar-refractivity contribution in [2.75, 3.05) is 19.8 Å². The Morgan fingerprint density at radius 1 is 1.07 bits per heavy atom. The van der Waals surface area contributed by atoms with Crippen molar-refractivity contribution in [1.29, 1.82) is 0 Å². The molecular weight excluding hydrogens is 346 g/mol. The minimum atomic E-state index is -0.984. The first-order chi connectivity index (χ1) is 13.0. The molecular formula is C21H25NO5. The predicted octanol–water partition coefficient (Wildman–Crippen LogP) is 2.97. The molecule has 6 nitrogen and oxygen atoms in total. The highest BCUT2D eigenvalue weighted by Gasteiger charge is 2.09. The molecule has 27 heavy (non-hydrogen) atoms. The van der Waals surface area contributed by atoms with E-state index in [0.717, 1.165) is 22.4 Å². The van der Waals surface area contributed by atoms with Crippen molar-refractivity contribution in [1.82, 2.24) is 5.32 Å². The van der Waals surface area contributed by atoms with Crippen LogP contribution in [0.5, 0.6) is 5.75 Å². The first-order valence-corrected chi connectivity index (χ1v) is 8.88. The zero-order chi connectivity index (χ0) is 19.6. The van der Waals surface area contributed by atoms with Gasteiger partial charge in [0.05, 0.1) is 18.6 Å². The second kappa shape index (κ2) is 10.3. The van der Waals surface area contributed by atoms with E-state index in [-0.39, 0.29) is 17.9 Å². The summed E-state index contributed by atoms with van der Waals surface area (Å²) in [5.41, 5.74) is 2.93. The van der Waals surface area contributed by atoms with Gasteiger partial charge in [-0.05, 0) is 43.2 Å². The van der Waals surface area contributed by atoms with Crippen LogP contribution >= 0.6 is 0 Å². The molecule has 0 aliphatic carbocycles. The summed E-state index contributed by atoms with van der Waals surface area (Å²) < 4.78 is 11.1. The highest BCUT2D eigenvalue weighted by Crippen LogP contribution is 2.20. The summed E-state index contributed by atoms with van der Waals surface area (Å²) in [6.07, 6.45) is 0.187. The van der Waals surface area contributed by atoms with Gasteiger partial charge in [-0.25, -0.2) is 4.79 Å². The fraction of sp³-hybridized carbons (Fsp3) is 0.333. The van der Waals surface area contributed by atoms with E-state index in [1.807, 2.05) is 32.0 Å². The number of hydrogen-bond acceptors (Lipinski definition) is 4. The first kappa shape index (κ1) is 20.5. The number of benzene rings is 2. The molecule has 0 saturated carbocycles. The number of carboxylic acids is 1. The standard InChI is InChI=1S/C21H25NO5/c1-3-26-10-11-27-19-12-15(2)4-7-18(19)14-22-20(23)13-16-5-8-17(9-6-16)21(24)25/h4-9,12H,3,10-11,13-14H2,1-2H3,(H,22,23)(H,24,25). The van der Waals surface area contributed by atoms with E-state index >= 15 is 0 Å². The molecule has 0 aromatic heterocycles. The minimum Gasteiger partial charge on any atom is -0.491 e. The number of ether oxygens (including phenoxy) is 2. The number of aromatic carboxylic acids is 1. The second-order valence-corrected chi connectivity index (χ2v) is 6.11. The molecule has 0 radical (unpaired) electrons. The average molecular weight is 371 g/mol. The topological polar surface area (TPSA) is 84.9 Å². The smallest absolute Gasteiger partial charge is 0.335 e. The maximum Gasteiger partial charge on any atom is 0.335 e. The lowest BCUT2D eigenvalue weighted by Crippen LogP contribution is -2.25. The van der Waals surface area contributed by atoms with Crippen LogP contribution in [0.15, 0.2) is 42.5 Å². The minimum absolute atomic E-state index is 0.140. The van der Waals surface area contributed by atoms with Crippen molar-refractivity contribution >= 4 is 11.9 Å². The predicted molar refractivity (Wildman–Crippen MR) is 102 cm³/mol. The lowest BCUT2D eigenvalue weighted by molar-refractivity contribution is -0.120. The average Bonchev–Trinajstić information content (AvgIpc) is 2.65. The van der Waals surface area contributed by atoms with Gasteiger partial charge in [0.15, 0.2) is 0 Å². The van der Waals surface area contributed by atoms with E-state index in [2.05, 4.69) is 5.32 Å². The molecule has 0 saturated heterocycles. The van der Waals surface area contributed by atoms with Crippen molar-refractivity contribution in [2.45, 2.75) is 26.8 Å². The fourth-order valence-electron chi connectivity index (χ4n) is 2.50. The summed E-state index contributed by atoms with van der Waals surface area (Å²) in [6, 6.07) is 12.1. The van der Waals surface area contributed by atoms with E-state index in [1.54, 1.807) is 12.1 Å². The fourth-order valence-corrected chi connectivity index (χ4v) is 2.50. The normalized spacial score (nSPS) is 10.4. The summed E-state index contributed by atoms with van der Waals surface area (Å²) in [7, 11) is 0. The molecule has 2 rings (SSSR count). The number of nitrogens with one attached hydrogen (secondary N) is 1. The van der Waals surface area contributed by atoms with Crippen molar-refractivity contribution in [3.63, 3.8) is 0 Å². The maximum absolute atomic E-state index is 12.2. The third-order valence-corrected chi connectivity index (χ3v) is 3.95. The van der Waals surface area contributed by atoms with E-state index in [9.17, 15) is 9.59 Å². The monoisotopic (exact) mass is 371 g/mol. The molecule has 0 bridgehead atoms. The SMILES string of the molecule is CCOCCOc1cc(C)ccc1CNC(=O)Cc1ccc(C(=O)O)cc1. The summed E-state index contributed by atoms with van der Waals surface area (Å²) in [4.78, 5) is 23.1. The second-order valence-electron chi connectivity index (χ2n) is 6.11. The van der Waals surface area contributed by atoms with Crippen LogP contribution in [0.25, 0.3) is 0 Å². The molecule has 2 aromatic rings. The summed E-state index contributed by atoms with van der Waals surface area (Å²) in [5, 5.41) is 11.8. The molecule has 1 amide bonds. The molecule has 6 heteroatoms. The van der Waals surface area contributed by atoms with Crippen LogP contribution in [0, 0.1) is 6.92 Å². The van der Waals surface area contributed by atoms with E-state index in [0.29, 0.717) is 26.4 Å². The Bertz CT molecular complexity index is 771. The molecule has 0 atom stereocenters. The Hall–Kier alpha value is -2.86. The number of rotatable bonds is 10. The van der Waals surface area contributed by atoms with Gasteiger partial charge in [0.1, 0.15) is 12.4 Å². The highest BCUT2D eigenvalue weighted by molar-refractivity contribution is 5.87. The van der Waals surface area contributed by atoms with Crippen LogP contribution in [0.3, 0.4) is 0 Å². The molecule has 0 unspecified atom stereocenters. The van der Waals surface area contributed by atoms with Crippen molar-refractivity contribution < 1.29 is 24.2 Å². The quantitative estimate of drug-likeness (QED) is 0.627. The van der Waals surface area contributed by atoms with Gasteiger partial charge in [0, 0.05) is 18.7 Å². The van der Waals surface area contributed by atoms with Gasteiger partial charge < -0.3 is 19.9 Å². The van der Waals surface area contributed by atoms with Crippen molar-refractivity contribution in [3.8, 4) is 5.75 Å². The molecule has 0 heterocycles. The Balaban J connectivity index is 1.90. The van der Waals surface area contributed by atoms with Crippen molar-refractivity contribution in [3.05, 3.63) is 64.7 Å². The highest BCUT2D eigenvalue weighted by atomic mass is 16.5. The van der Waals surface area contributed by atoms with Gasteiger partial charge >= 0.3 is 5.97 Å². The number of hydrogen-bond donors (Lipinski definition) is 2. The van der Waals surface area contributed by atoms with Crippen LogP contribution in [0.4, 0.5) is 0 Å². The third kappa shape index (κ3) is 6.75. The number of carbonyl (C=O) groups excluding carboxylic acids is 1. The first-order valence-electron chi connectivity index (χ1n) is 8.88. The molecule has 144 valence electrons. The van der Waals surface area contributed by atoms with E-state index in [4.69, 9.17) is 14.6 Å². The van der Waals surface area contributed by atoms with Crippen LogP contribution in [-0.4, -0.2) is 36.8 Å². The van der Waals surface area contributed by atoms with Gasteiger partial charge in [-0.3, -0.25) is 4.79 Å². The van der Waals surface area contributed by atoms with E-state index < -0.39 is 5.97 Å². The van der Waals surface area contributed by atoms with Gasteiger partial charge in [-0.1, -0.05) is 24.3 Å². The molecule has 2 aromatic carbocycles. The van der Waals surface area contributed by atoms with Crippen molar-refractivity contribution in [2.24, 2.45) is 0 Å². The number of aryl methyl sites for hydroxylation is 1. The van der Waals surface area contributed by atoms with Crippen LogP contribution in [0.1, 0.15) is 34.0 Å². The van der Waals surface area contributed by atoms with E-state index in [1.165, 1.54) is 12.1 Å². The molecule has 0 aliphatic heterocycles. The summed E-state index contributed by atoms with van der Waals surface area (Å²) in [5.74, 6) is -0.387. The molecule has 0 aliphatic rings. The summed E-state index contributed by atoms with van der Waals surface area (Å²) >= 11 is 0. The lowest BCUT2D eigenvalue weighted by atomic mass is 10.1. The number of carboxylic acid groups (broad SMARTS) is 1. The van der Waals surface area contributed by atoms with Gasteiger partial charge in [-0.2, -0.15) is 0 Å². The third-order valence-electron chi connectivity index (χ3n) is 3.95. The molecule has 0 spiro atoms. The van der Waals surface area contributed by atoms with Crippen LogP contribution in [-0.2, 0) is 22.5 Å². The Labute approximate surface area is 159 Å². The zero-order valence-corrected chi connectivity index (χ0v) is 15.7. The van der Waals surface area contributed by atoms with Gasteiger partial charge in [0.25, 0.3) is 0 Å². The maximum atomic E-state index is 12.2. The van der Waals surface area contributed by atoms with Crippen LogP contribution < -0.4 is 10.1 Å². The van der Waals surface area contributed by atoms with Crippen LogP contribution in [0.2, 0.25) is 0 Å². The zero-order valence-electron chi connectivity index (χ0n) is 15.7. The lowest BCUT2D eigenvalue weighted by Gasteiger charge is -2.13. The number of carbonyl (C=O) groups is 2. The largest absolute Gasteiger partial charge is 0.491 e. The Morgan fingerprint density at radius 2 is 1.81 bits per heavy atom. The Morgan fingerprint density at radius 3 is 2.48 bits per heavy atom. The molecule has 2 N–H and O–H groups in total. The van der Waals surface area contributed by atoms with Gasteiger partial charge in [-0.15, -0.1) is 0 Å². The summed E-state index contributed by atoms with van der Waals surface area (Å²) in [6.45, 7) is 5.89.